The lowest BCUT2D eigenvalue weighted by Gasteiger charge is -2.05. The molecule has 0 unspecified atom stereocenters. The number of hydrogen-bond acceptors (Lipinski definition) is 3. The van der Waals surface area contributed by atoms with Crippen molar-refractivity contribution >= 4 is 27.4 Å². The standard InChI is InChI=1S/C10H5F3O3S/c11-10(12,13)4-1-2-6-5(3-4)7(14)8(17-6)9(15)16/h1-3,14H,(H,15,16). The smallest absolute Gasteiger partial charge is 0.416 e. The summed E-state index contributed by atoms with van der Waals surface area (Å²) in [6.45, 7) is 0. The third kappa shape index (κ3) is 1.93. The lowest BCUT2D eigenvalue weighted by molar-refractivity contribution is -0.137. The van der Waals surface area contributed by atoms with E-state index in [9.17, 15) is 23.1 Å². The number of halogens is 3. The Bertz CT molecular complexity index is 601. The van der Waals surface area contributed by atoms with Crippen molar-refractivity contribution in [3.63, 3.8) is 0 Å². The van der Waals surface area contributed by atoms with Crippen LogP contribution in [0, 0.1) is 0 Å². The number of rotatable bonds is 1. The highest BCUT2D eigenvalue weighted by molar-refractivity contribution is 7.21. The van der Waals surface area contributed by atoms with Crippen LogP contribution in [0.1, 0.15) is 15.2 Å². The van der Waals surface area contributed by atoms with Gasteiger partial charge in [0.1, 0.15) is 5.75 Å². The van der Waals surface area contributed by atoms with Crippen molar-refractivity contribution < 1.29 is 28.2 Å². The van der Waals surface area contributed by atoms with E-state index in [0.29, 0.717) is 4.70 Å². The first-order chi connectivity index (χ1) is 7.80. The summed E-state index contributed by atoms with van der Waals surface area (Å²) in [5.74, 6) is -1.99. The lowest BCUT2D eigenvalue weighted by Crippen LogP contribution is -2.03. The maximum absolute atomic E-state index is 12.4. The second-order valence-electron chi connectivity index (χ2n) is 3.29. The molecule has 0 aliphatic carbocycles. The summed E-state index contributed by atoms with van der Waals surface area (Å²) in [5.41, 5.74) is -0.921. The Balaban J connectivity index is 2.70. The number of thiophene rings is 1. The lowest BCUT2D eigenvalue weighted by atomic mass is 10.1. The van der Waals surface area contributed by atoms with Gasteiger partial charge in [-0.15, -0.1) is 11.3 Å². The van der Waals surface area contributed by atoms with E-state index in [2.05, 4.69) is 0 Å². The van der Waals surface area contributed by atoms with Gasteiger partial charge in [0, 0.05) is 10.1 Å². The van der Waals surface area contributed by atoms with Crippen molar-refractivity contribution in [3.8, 4) is 5.75 Å². The van der Waals surface area contributed by atoms with E-state index in [1.807, 2.05) is 0 Å². The summed E-state index contributed by atoms with van der Waals surface area (Å²) < 4.78 is 37.6. The molecule has 1 aromatic carbocycles. The number of hydrogen-bond donors (Lipinski definition) is 2. The number of alkyl halides is 3. The number of fused-ring (bicyclic) bond motifs is 1. The summed E-state index contributed by atoms with van der Waals surface area (Å²) in [4.78, 5) is 10.3. The normalized spacial score (nSPS) is 11.9. The van der Waals surface area contributed by atoms with Gasteiger partial charge in [0.25, 0.3) is 0 Å². The van der Waals surface area contributed by atoms with Gasteiger partial charge in [0.15, 0.2) is 4.88 Å². The van der Waals surface area contributed by atoms with Crippen LogP contribution in [0.25, 0.3) is 10.1 Å². The van der Waals surface area contributed by atoms with Crippen molar-refractivity contribution in [2.45, 2.75) is 6.18 Å². The topological polar surface area (TPSA) is 57.5 Å². The molecule has 0 radical (unpaired) electrons. The van der Waals surface area contributed by atoms with Gasteiger partial charge in [-0.25, -0.2) is 4.79 Å². The number of aromatic carboxylic acids is 1. The molecule has 17 heavy (non-hydrogen) atoms. The zero-order valence-electron chi connectivity index (χ0n) is 8.08. The maximum atomic E-state index is 12.4. The quantitative estimate of drug-likeness (QED) is 0.828. The second-order valence-corrected chi connectivity index (χ2v) is 4.35. The minimum Gasteiger partial charge on any atom is -0.505 e. The Morgan fingerprint density at radius 1 is 1.29 bits per heavy atom. The zero-order chi connectivity index (χ0) is 12.8. The molecule has 0 amide bonds. The fourth-order valence-corrected chi connectivity index (χ4v) is 2.32. The van der Waals surface area contributed by atoms with E-state index in [1.165, 1.54) is 0 Å². The van der Waals surface area contributed by atoms with Crippen molar-refractivity contribution in [1.82, 2.24) is 0 Å². The summed E-state index contributed by atoms with van der Waals surface area (Å²) in [6.07, 6.45) is -4.52. The Morgan fingerprint density at radius 3 is 2.47 bits per heavy atom. The molecule has 0 aliphatic heterocycles. The molecule has 0 saturated heterocycles. The minimum absolute atomic E-state index is 0.0952. The zero-order valence-corrected chi connectivity index (χ0v) is 8.89. The minimum atomic E-state index is -4.52. The van der Waals surface area contributed by atoms with E-state index < -0.39 is 23.5 Å². The van der Waals surface area contributed by atoms with E-state index in [0.717, 1.165) is 29.5 Å². The first kappa shape index (κ1) is 11.7. The molecule has 0 atom stereocenters. The Hall–Kier alpha value is -1.76. The second kappa shape index (κ2) is 3.63. The molecular weight excluding hydrogens is 257 g/mol. The van der Waals surface area contributed by atoms with Gasteiger partial charge in [0.05, 0.1) is 5.56 Å². The van der Waals surface area contributed by atoms with Crippen LogP contribution < -0.4 is 0 Å². The average molecular weight is 262 g/mol. The van der Waals surface area contributed by atoms with Crippen LogP contribution in [0.5, 0.6) is 5.75 Å². The summed E-state index contributed by atoms with van der Waals surface area (Å²) in [6, 6.07) is 2.74. The molecular formula is C10H5F3O3S. The van der Waals surface area contributed by atoms with Crippen molar-refractivity contribution in [3.05, 3.63) is 28.6 Å². The van der Waals surface area contributed by atoms with Crippen LogP contribution in [0.15, 0.2) is 18.2 Å². The highest BCUT2D eigenvalue weighted by Gasteiger charge is 2.31. The van der Waals surface area contributed by atoms with Crippen LogP contribution >= 0.6 is 11.3 Å². The predicted molar refractivity (Wildman–Crippen MR) is 55.5 cm³/mol. The Labute approximate surface area is 96.7 Å². The molecule has 7 heteroatoms. The van der Waals surface area contributed by atoms with Gasteiger partial charge in [-0.2, -0.15) is 13.2 Å². The summed E-state index contributed by atoms with van der Waals surface area (Å²) >= 11 is 0.734. The first-order valence-electron chi connectivity index (χ1n) is 4.36. The molecule has 2 aromatic rings. The molecule has 0 bridgehead atoms. The van der Waals surface area contributed by atoms with Crippen molar-refractivity contribution in [2.24, 2.45) is 0 Å². The first-order valence-corrected chi connectivity index (χ1v) is 5.18. The molecule has 0 aliphatic rings. The molecule has 90 valence electrons. The predicted octanol–water partition coefficient (Wildman–Crippen LogP) is 3.32. The average Bonchev–Trinajstić information content (AvgIpc) is 2.54. The SMILES string of the molecule is O=C(O)c1sc2ccc(C(F)(F)F)cc2c1O. The number of carbonyl (C=O) groups is 1. The fraction of sp³-hybridized carbons (Fsp3) is 0.100. The number of carboxylic acids is 1. The van der Waals surface area contributed by atoms with Crippen LogP contribution in [0.4, 0.5) is 13.2 Å². The van der Waals surface area contributed by atoms with Gasteiger partial charge < -0.3 is 10.2 Å². The molecule has 1 aromatic heterocycles. The highest BCUT2D eigenvalue weighted by Crippen LogP contribution is 2.40. The van der Waals surface area contributed by atoms with E-state index in [4.69, 9.17) is 5.11 Å². The molecule has 0 spiro atoms. The third-order valence-electron chi connectivity index (χ3n) is 2.18. The molecule has 2 rings (SSSR count). The molecule has 3 nitrogen and oxygen atoms in total. The van der Waals surface area contributed by atoms with Crippen LogP contribution in [0.3, 0.4) is 0 Å². The number of aromatic hydroxyl groups is 1. The maximum Gasteiger partial charge on any atom is 0.416 e. The van der Waals surface area contributed by atoms with Crippen LogP contribution in [-0.2, 0) is 6.18 Å². The Kier molecular flexibility index (Phi) is 2.50. The molecule has 1 heterocycles. The van der Waals surface area contributed by atoms with E-state index in [-0.39, 0.29) is 10.3 Å². The highest BCUT2D eigenvalue weighted by atomic mass is 32.1. The van der Waals surface area contributed by atoms with Gasteiger partial charge >= 0.3 is 12.1 Å². The van der Waals surface area contributed by atoms with Gasteiger partial charge in [-0.3, -0.25) is 0 Å². The van der Waals surface area contributed by atoms with Gasteiger partial charge in [-0.1, -0.05) is 0 Å². The molecule has 2 N–H and O–H groups in total. The third-order valence-corrected chi connectivity index (χ3v) is 3.33. The summed E-state index contributed by atoms with van der Waals surface area (Å²) in [5, 5.41) is 18.1. The largest absolute Gasteiger partial charge is 0.505 e. The van der Waals surface area contributed by atoms with E-state index in [1.54, 1.807) is 0 Å². The Morgan fingerprint density at radius 2 is 1.94 bits per heavy atom. The number of carboxylic acid groups (broad SMARTS) is 1. The van der Waals surface area contributed by atoms with Crippen molar-refractivity contribution in [1.29, 1.82) is 0 Å². The van der Waals surface area contributed by atoms with Crippen LogP contribution in [-0.4, -0.2) is 16.2 Å². The van der Waals surface area contributed by atoms with Crippen LogP contribution in [0.2, 0.25) is 0 Å². The molecule has 0 fully saturated rings. The number of benzene rings is 1. The monoisotopic (exact) mass is 262 g/mol. The van der Waals surface area contributed by atoms with Gasteiger partial charge in [-0.05, 0) is 18.2 Å². The molecule has 0 saturated carbocycles. The van der Waals surface area contributed by atoms with Crippen molar-refractivity contribution in [2.75, 3.05) is 0 Å². The summed E-state index contributed by atoms with van der Waals surface area (Å²) in [7, 11) is 0. The van der Waals surface area contributed by atoms with Gasteiger partial charge in [0.2, 0.25) is 0 Å². The van der Waals surface area contributed by atoms with E-state index >= 15 is 0 Å². The fourth-order valence-electron chi connectivity index (χ4n) is 1.41.